The quantitative estimate of drug-likeness (QED) is 0.572. The lowest BCUT2D eigenvalue weighted by Gasteiger charge is -2.18. The maximum atomic E-state index is 5.28. The van der Waals surface area contributed by atoms with Crippen molar-refractivity contribution in [3.05, 3.63) is 36.3 Å². The Morgan fingerprint density at radius 2 is 2.09 bits per heavy atom. The highest BCUT2D eigenvalue weighted by molar-refractivity contribution is 5.22. The van der Waals surface area contributed by atoms with E-state index in [-0.39, 0.29) is 0 Å². The van der Waals surface area contributed by atoms with E-state index in [2.05, 4.69) is 6.58 Å². The Bertz CT molecular complexity index is 202. The fourth-order valence-electron chi connectivity index (χ4n) is 0.793. The molecule has 1 saturated heterocycles. The van der Waals surface area contributed by atoms with Crippen molar-refractivity contribution in [1.82, 2.24) is 0 Å². The Morgan fingerprint density at radius 3 is 2.73 bits per heavy atom. The predicted molar refractivity (Wildman–Crippen MR) is 43.9 cm³/mol. The van der Waals surface area contributed by atoms with Crippen LogP contribution in [0.3, 0.4) is 0 Å². The van der Waals surface area contributed by atoms with Crippen LogP contribution in [0.5, 0.6) is 0 Å². The zero-order valence-corrected chi connectivity index (χ0v) is 6.67. The number of rotatable bonds is 1. The third kappa shape index (κ3) is 2.15. The van der Waals surface area contributed by atoms with E-state index in [0.29, 0.717) is 19.0 Å². The van der Waals surface area contributed by atoms with E-state index in [1.165, 1.54) is 0 Å². The van der Waals surface area contributed by atoms with Crippen LogP contribution >= 0.6 is 0 Å². The van der Waals surface area contributed by atoms with Gasteiger partial charge >= 0.3 is 0 Å². The number of hydrogen-bond donors (Lipinski definition) is 0. The minimum Gasteiger partial charge on any atom is -0.487 e. The van der Waals surface area contributed by atoms with Crippen LogP contribution in [-0.2, 0) is 9.47 Å². The molecule has 1 rings (SSSR count). The molecule has 0 N–H and O–H groups in total. The molecule has 0 atom stereocenters. The molecule has 1 aliphatic rings. The highest BCUT2D eigenvalue weighted by atomic mass is 16.6. The highest BCUT2D eigenvalue weighted by Crippen LogP contribution is 2.15. The van der Waals surface area contributed by atoms with Crippen LogP contribution in [0, 0.1) is 0 Å². The monoisotopic (exact) mass is 152 g/mol. The number of allylic oxidation sites excluding steroid dienone is 3. The van der Waals surface area contributed by atoms with Crippen molar-refractivity contribution in [2.24, 2.45) is 0 Å². The normalized spacial score (nSPS) is 21.9. The van der Waals surface area contributed by atoms with Gasteiger partial charge in [0.15, 0.2) is 11.5 Å². The molecule has 0 aromatic rings. The van der Waals surface area contributed by atoms with Gasteiger partial charge in [-0.3, -0.25) is 0 Å². The number of hydrogen-bond acceptors (Lipinski definition) is 2. The maximum Gasteiger partial charge on any atom is 0.160 e. The van der Waals surface area contributed by atoms with E-state index in [9.17, 15) is 0 Å². The highest BCUT2D eigenvalue weighted by Gasteiger charge is 2.09. The first-order valence-corrected chi connectivity index (χ1v) is 3.62. The molecule has 60 valence electrons. The number of ether oxygens (including phenoxy) is 2. The van der Waals surface area contributed by atoms with E-state index in [0.717, 1.165) is 5.76 Å². The molecule has 0 aromatic heterocycles. The molecule has 1 aliphatic heterocycles. The smallest absolute Gasteiger partial charge is 0.160 e. The third-order valence-corrected chi connectivity index (χ3v) is 1.33. The summed E-state index contributed by atoms with van der Waals surface area (Å²) in [4.78, 5) is 0. The molecule has 11 heavy (non-hydrogen) atoms. The van der Waals surface area contributed by atoms with Crippen LogP contribution in [0.15, 0.2) is 36.3 Å². The van der Waals surface area contributed by atoms with E-state index >= 15 is 0 Å². The Kier molecular flexibility index (Phi) is 2.78. The molecule has 0 unspecified atom stereocenters. The third-order valence-electron chi connectivity index (χ3n) is 1.33. The molecule has 0 spiro atoms. The summed E-state index contributed by atoms with van der Waals surface area (Å²) in [6.07, 6.45) is 5.68. The molecular formula is C9H12O2. The van der Waals surface area contributed by atoms with Crippen molar-refractivity contribution in [3.8, 4) is 0 Å². The van der Waals surface area contributed by atoms with Gasteiger partial charge < -0.3 is 9.47 Å². The summed E-state index contributed by atoms with van der Waals surface area (Å²) < 4.78 is 10.4. The van der Waals surface area contributed by atoms with Gasteiger partial charge in [-0.05, 0) is 13.0 Å². The van der Waals surface area contributed by atoms with Crippen LogP contribution in [0.2, 0.25) is 0 Å². The second kappa shape index (κ2) is 3.86. The molecule has 0 amide bonds. The fourth-order valence-corrected chi connectivity index (χ4v) is 0.793. The van der Waals surface area contributed by atoms with Gasteiger partial charge in [0, 0.05) is 0 Å². The lowest BCUT2D eigenvalue weighted by atomic mass is 10.3. The van der Waals surface area contributed by atoms with Gasteiger partial charge in [0.1, 0.15) is 13.2 Å². The van der Waals surface area contributed by atoms with Crippen molar-refractivity contribution < 1.29 is 9.47 Å². The topological polar surface area (TPSA) is 18.5 Å². The van der Waals surface area contributed by atoms with Gasteiger partial charge in [0.05, 0.1) is 0 Å². The first-order chi connectivity index (χ1) is 5.34. The summed E-state index contributed by atoms with van der Waals surface area (Å²) in [6, 6.07) is 0. The van der Waals surface area contributed by atoms with Gasteiger partial charge in [-0.15, -0.1) is 0 Å². The van der Waals surface area contributed by atoms with Crippen LogP contribution in [-0.4, -0.2) is 13.2 Å². The van der Waals surface area contributed by atoms with Crippen LogP contribution in [0.1, 0.15) is 6.92 Å². The Morgan fingerprint density at radius 1 is 1.36 bits per heavy atom. The molecule has 1 fully saturated rings. The summed E-state index contributed by atoms with van der Waals surface area (Å²) in [6.45, 7) is 6.86. The molecule has 2 nitrogen and oxygen atoms in total. The van der Waals surface area contributed by atoms with Crippen molar-refractivity contribution in [1.29, 1.82) is 0 Å². The van der Waals surface area contributed by atoms with E-state index < -0.39 is 0 Å². The molecule has 0 radical (unpaired) electrons. The standard InChI is InChI=1S/C9H12O2/c1-3-4-5-9-8(2)10-6-7-11-9/h3-5H,2,6-7H2,1H3. The van der Waals surface area contributed by atoms with Gasteiger partial charge in [-0.2, -0.15) is 0 Å². The zero-order valence-electron chi connectivity index (χ0n) is 6.67. The molecule has 0 bridgehead atoms. The molecule has 0 saturated carbocycles. The lowest BCUT2D eigenvalue weighted by molar-refractivity contribution is 0.0606. The fraction of sp³-hybridized carbons (Fsp3) is 0.333. The lowest BCUT2D eigenvalue weighted by Crippen LogP contribution is -2.12. The predicted octanol–water partition coefficient (Wildman–Crippen LogP) is 2.01. The van der Waals surface area contributed by atoms with Crippen LogP contribution < -0.4 is 0 Å². The minimum absolute atomic E-state index is 0.603. The van der Waals surface area contributed by atoms with Crippen molar-refractivity contribution in [2.75, 3.05) is 13.2 Å². The molecule has 0 aliphatic carbocycles. The maximum absolute atomic E-state index is 5.28. The first kappa shape index (κ1) is 7.92. The van der Waals surface area contributed by atoms with Crippen LogP contribution in [0.25, 0.3) is 0 Å². The Labute approximate surface area is 66.8 Å². The van der Waals surface area contributed by atoms with Crippen molar-refractivity contribution >= 4 is 0 Å². The molecular weight excluding hydrogens is 140 g/mol. The summed E-state index contributed by atoms with van der Waals surface area (Å²) >= 11 is 0. The van der Waals surface area contributed by atoms with E-state index in [1.807, 2.05) is 25.2 Å². The Balaban J connectivity index is 2.61. The minimum atomic E-state index is 0.603. The first-order valence-electron chi connectivity index (χ1n) is 3.62. The largest absolute Gasteiger partial charge is 0.487 e. The summed E-state index contributed by atoms with van der Waals surface area (Å²) in [5.74, 6) is 1.35. The zero-order chi connectivity index (χ0) is 8.10. The SMILES string of the molecule is C=C1OCCOC1=CC=CC. The molecule has 2 heteroatoms. The van der Waals surface area contributed by atoms with Crippen LogP contribution in [0.4, 0.5) is 0 Å². The molecule has 0 aromatic carbocycles. The van der Waals surface area contributed by atoms with Gasteiger partial charge in [-0.1, -0.05) is 18.7 Å². The van der Waals surface area contributed by atoms with Gasteiger partial charge in [0.2, 0.25) is 0 Å². The van der Waals surface area contributed by atoms with Crippen molar-refractivity contribution in [2.45, 2.75) is 6.92 Å². The van der Waals surface area contributed by atoms with E-state index in [4.69, 9.17) is 9.47 Å². The summed E-state index contributed by atoms with van der Waals surface area (Å²) in [7, 11) is 0. The average Bonchev–Trinajstić information content (AvgIpc) is 2.03. The van der Waals surface area contributed by atoms with E-state index in [1.54, 1.807) is 0 Å². The second-order valence-electron chi connectivity index (χ2n) is 2.18. The average molecular weight is 152 g/mol. The van der Waals surface area contributed by atoms with Crippen molar-refractivity contribution in [3.63, 3.8) is 0 Å². The van der Waals surface area contributed by atoms with Gasteiger partial charge in [-0.25, -0.2) is 0 Å². The Hall–Kier alpha value is -1.18. The molecule has 1 heterocycles. The second-order valence-corrected chi connectivity index (χ2v) is 2.18. The van der Waals surface area contributed by atoms with Gasteiger partial charge in [0.25, 0.3) is 0 Å². The summed E-state index contributed by atoms with van der Waals surface area (Å²) in [5.41, 5.74) is 0. The summed E-state index contributed by atoms with van der Waals surface area (Å²) in [5, 5.41) is 0.